The molecule has 0 heterocycles. The minimum Gasteiger partial charge on any atom is -0.351 e. The molecule has 0 saturated carbocycles. The molecule has 0 aliphatic rings. The maximum Gasteiger partial charge on any atom is 0.280 e. The lowest BCUT2D eigenvalue weighted by atomic mass is 10.0. The van der Waals surface area contributed by atoms with Gasteiger partial charge in [-0.05, 0) is 63.1 Å². The Balaban J connectivity index is 2.12. The van der Waals surface area contributed by atoms with Gasteiger partial charge in [-0.25, -0.2) is 0 Å². The van der Waals surface area contributed by atoms with Crippen molar-refractivity contribution in [1.82, 2.24) is 10.6 Å². The standard InChI is InChI=1S/C21H27Cl2N5O/c1-21(2,3)28-20(27-19(29)14-5-4-6-16(23)11-14)26-18(25)12-17(24)13-7-9-15(22)10-8-13/h4-11,17-18H,12,24-25H2,1-3H3,(H2,26,27,28,29). The monoisotopic (exact) mass is 435 g/mol. The zero-order chi connectivity index (χ0) is 21.6. The number of carbonyl (C=O) groups is 1. The highest BCUT2D eigenvalue weighted by molar-refractivity contribution is 6.31. The molecule has 0 radical (unpaired) electrons. The van der Waals surface area contributed by atoms with Gasteiger partial charge in [0.05, 0.1) is 6.17 Å². The zero-order valence-corrected chi connectivity index (χ0v) is 18.3. The van der Waals surface area contributed by atoms with Crippen LogP contribution < -0.4 is 22.1 Å². The molecule has 0 bridgehead atoms. The van der Waals surface area contributed by atoms with E-state index >= 15 is 0 Å². The topological polar surface area (TPSA) is 106 Å². The number of guanidine groups is 1. The molecule has 2 rings (SSSR count). The maximum atomic E-state index is 12.5. The van der Waals surface area contributed by atoms with E-state index in [0.29, 0.717) is 22.0 Å². The van der Waals surface area contributed by atoms with E-state index in [1.807, 2.05) is 32.9 Å². The van der Waals surface area contributed by atoms with Gasteiger partial charge in [0.25, 0.3) is 5.91 Å². The number of nitrogens with one attached hydrogen (secondary N) is 2. The third kappa shape index (κ3) is 8.03. The van der Waals surface area contributed by atoms with Crippen LogP contribution >= 0.6 is 23.2 Å². The lowest BCUT2D eigenvalue weighted by Gasteiger charge is -2.27. The van der Waals surface area contributed by atoms with Crippen LogP contribution in [0.1, 0.15) is 49.2 Å². The number of nitrogens with two attached hydrogens (primary N) is 2. The Bertz CT molecular complexity index is 862. The van der Waals surface area contributed by atoms with E-state index in [-0.39, 0.29) is 17.5 Å². The Labute approximate surface area is 181 Å². The lowest BCUT2D eigenvalue weighted by molar-refractivity contribution is 0.100. The first-order valence-corrected chi connectivity index (χ1v) is 9.99. The van der Waals surface area contributed by atoms with Crippen molar-refractivity contribution in [2.45, 2.75) is 44.9 Å². The zero-order valence-electron chi connectivity index (χ0n) is 16.7. The summed E-state index contributed by atoms with van der Waals surface area (Å²) in [6.45, 7) is 5.87. The summed E-state index contributed by atoms with van der Waals surface area (Å²) >= 11 is 11.9. The fourth-order valence-corrected chi connectivity index (χ4v) is 2.91. The smallest absolute Gasteiger partial charge is 0.280 e. The number of nitrogens with zero attached hydrogens (tertiary/aromatic N) is 1. The second-order valence-electron chi connectivity index (χ2n) is 7.80. The van der Waals surface area contributed by atoms with Crippen LogP contribution in [0.2, 0.25) is 10.0 Å². The average Bonchev–Trinajstić information content (AvgIpc) is 2.60. The lowest BCUT2D eigenvalue weighted by Crippen LogP contribution is -2.54. The largest absolute Gasteiger partial charge is 0.351 e. The van der Waals surface area contributed by atoms with Gasteiger partial charge in [-0.15, -0.1) is 0 Å². The van der Waals surface area contributed by atoms with Gasteiger partial charge in [0.15, 0.2) is 0 Å². The Hall–Kier alpha value is -2.12. The van der Waals surface area contributed by atoms with E-state index in [4.69, 9.17) is 34.7 Å². The molecule has 1 amide bonds. The van der Waals surface area contributed by atoms with Gasteiger partial charge < -0.3 is 22.1 Å². The molecular formula is C21H27Cl2N5O. The molecule has 2 aromatic carbocycles. The molecule has 0 aliphatic carbocycles. The van der Waals surface area contributed by atoms with Crippen molar-refractivity contribution in [3.63, 3.8) is 0 Å². The minimum absolute atomic E-state index is 0.276. The number of hydrogen-bond acceptors (Lipinski definition) is 3. The Morgan fingerprint density at radius 3 is 2.31 bits per heavy atom. The number of hydrogen-bond donors (Lipinski definition) is 4. The van der Waals surface area contributed by atoms with Crippen LogP contribution in [0.25, 0.3) is 0 Å². The highest BCUT2D eigenvalue weighted by atomic mass is 35.5. The Morgan fingerprint density at radius 1 is 1.07 bits per heavy atom. The maximum absolute atomic E-state index is 12.5. The molecule has 29 heavy (non-hydrogen) atoms. The van der Waals surface area contributed by atoms with Gasteiger partial charge in [-0.1, -0.05) is 41.4 Å². The van der Waals surface area contributed by atoms with Gasteiger partial charge in [0, 0.05) is 27.2 Å². The molecule has 0 aromatic heterocycles. The second kappa shape index (κ2) is 10.1. The average molecular weight is 436 g/mol. The van der Waals surface area contributed by atoms with E-state index in [1.54, 1.807) is 36.4 Å². The van der Waals surface area contributed by atoms with Crippen LogP contribution in [0.3, 0.4) is 0 Å². The van der Waals surface area contributed by atoms with Crippen molar-refractivity contribution in [3.8, 4) is 0 Å². The molecule has 2 unspecified atom stereocenters. The summed E-state index contributed by atoms with van der Waals surface area (Å²) < 4.78 is 0. The molecule has 0 spiro atoms. The minimum atomic E-state index is -0.526. The first-order chi connectivity index (χ1) is 13.5. The SMILES string of the molecule is CC(C)(C)N/C(=N/C(=O)c1cccc(Cl)c1)NC(N)CC(N)c1ccc(Cl)cc1. The number of amides is 1. The van der Waals surface area contributed by atoms with Gasteiger partial charge >= 0.3 is 0 Å². The molecule has 2 atom stereocenters. The third-order valence-electron chi connectivity index (χ3n) is 3.91. The van der Waals surface area contributed by atoms with Crippen LogP contribution in [0, 0.1) is 0 Å². The van der Waals surface area contributed by atoms with Gasteiger partial charge in [0.1, 0.15) is 0 Å². The molecule has 0 saturated heterocycles. The van der Waals surface area contributed by atoms with Crippen molar-refractivity contribution >= 4 is 35.1 Å². The first kappa shape index (κ1) is 23.2. The summed E-state index contributed by atoms with van der Waals surface area (Å²) in [5.74, 6) is -0.153. The van der Waals surface area contributed by atoms with Crippen molar-refractivity contribution in [1.29, 1.82) is 0 Å². The van der Waals surface area contributed by atoms with E-state index in [2.05, 4.69) is 15.6 Å². The van der Waals surface area contributed by atoms with Crippen molar-refractivity contribution in [2.24, 2.45) is 16.5 Å². The predicted molar refractivity (Wildman–Crippen MR) is 120 cm³/mol. The number of carbonyl (C=O) groups excluding carboxylic acids is 1. The normalized spacial score (nSPS) is 14.2. The molecule has 6 N–H and O–H groups in total. The number of aliphatic imine (C=N–C) groups is 1. The van der Waals surface area contributed by atoms with Gasteiger partial charge in [-0.3, -0.25) is 4.79 Å². The van der Waals surface area contributed by atoms with E-state index in [0.717, 1.165) is 5.56 Å². The van der Waals surface area contributed by atoms with Crippen molar-refractivity contribution in [2.75, 3.05) is 0 Å². The molecule has 0 fully saturated rings. The van der Waals surface area contributed by atoms with E-state index in [1.165, 1.54) is 0 Å². The fraction of sp³-hybridized carbons (Fsp3) is 0.333. The molecule has 2 aromatic rings. The van der Waals surface area contributed by atoms with Crippen LogP contribution in [0.5, 0.6) is 0 Å². The van der Waals surface area contributed by atoms with Crippen molar-refractivity contribution in [3.05, 3.63) is 69.7 Å². The molecule has 0 aliphatic heterocycles. The summed E-state index contributed by atoms with van der Waals surface area (Å²) in [4.78, 5) is 16.7. The summed E-state index contributed by atoms with van der Waals surface area (Å²) in [6, 6.07) is 13.6. The van der Waals surface area contributed by atoms with E-state index in [9.17, 15) is 4.79 Å². The molecular weight excluding hydrogens is 409 g/mol. The highest BCUT2D eigenvalue weighted by Crippen LogP contribution is 2.18. The van der Waals surface area contributed by atoms with Gasteiger partial charge in [0.2, 0.25) is 5.96 Å². The van der Waals surface area contributed by atoms with Crippen LogP contribution in [0.4, 0.5) is 0 Å². The molecule has 8 heteroatoms. The van der Waals surface area contributed by atoms with Crippen LogP contribution in [0.15, 0.2) is 53.5 Å². The third-order valence-corrected chi connectivity index (χ3v) is 4.39. The number of benzene rings is 2. The summed E-state index contributed by atoms with van der Waals surface area (Å²) in [6.07, 6.45) is -0.0980. The number of rotatable bonds is 5. The van der Waals surface area contributed by atoms with Crippen molar-refractivity contribution < 1.29 is 4.79 Å². The predicted octanol–water partition coefficient (Wildman–Crippen LogP) is 3.84. The van der Waals surface area contributed by atoms with E-state index < -0.39 is 12.1 Å². The highest BCUT2D eigenvalue weighted by Gasteiger charge is 2.18. The van der Waals surface area contributed by atoms with Crippen LogP contribution in [-0.4, -0.2) is 23.6 Å². The summed E-state index contributed by atoms with van der Waals surface area (Å²) in [5, 5.41) is 7.34. The summed E-state index contributed by atoms with van der Waals surface area (Å²) in [5.41, 5.74) is 13.5. The van der Waals surface area contributed by atoms with Crippen LogP contribution in [-0.2, 0) is 0 Å². The Kier molecular flexibility index (Phi) is 8.05. The number of halogens is 2. The summed E-state index contributed by atoms with van der Waals surface area (Å²) in [7, 11) is 0. The fourth-order valence-electron chi connectivity index (χ4n) is 2.59. The molecule has 6 nitrogen and oxygen atoms in total. The molecule has 156 valence electrons. The first-order valence-electron chi connectivity index (χ1n) is 9.23. The second-order valence-corrected chi connectivity index (χ2v) is 8.67. The Morgan fingerprint density at radius 2 is 1.72 bits per heavy atom. The quantitative estimate of drug-likeness (QED) is 0.324. The van der Waals surface area contributed by atoms with Gasteiger partial charge in [-0.2, -0.15) is 4.99 Å².